The molecule has 0 radical (unpaired) electrons. The van der Waals surface area contributed by atoms with E-state index in [9.17, 15) is 9.59 Å². The van der Waals surface area contributed by atoms with E-state index in [0.29, 0.717) is 30.9 Å². The monoisotopic (exact) mass is 469 g/mol. The zero-order valence-corrected chi connectivity index (χ0v) is 19.4. The quantitative estimate of drug-likeness (QED) is 0.284. The van der Waals surface area contributed by atoms with Crippen molar-refractivity contribution >= 4 is 23.3 Å². The first-order valence-corrected chi connectivity index (χ1v) is 11.4. The molecule has 35 heavy (non-hydrogen) atoms. The van der Waals surface area contributed by atoms with Crippen LogP contribution in [0.2, 0.25) is 0 Å². The van der Waals surface area contributed by atoms with Gasteiger partial charge in [-0.25, -0.2) is 4.79 Å². The molecule has 0 unspecified atom stereocenters. The number of nitrogens with one attached hydrogen (secondary N) is 2. The minimum absolute atomic E-state index is 0.257. The normalized spacial score (nSPS) is 10.4. The maximum atomic E-state index is 13.2. The maximum absolute atomic E-state index is 13.2. The van der Waals surface area contributed by atoms with Crippen molar-refractivity contribution < 1.29 is 18.7 Å². The Kier molecular flexibility index (Phi) is 7.81. The van der Waals surface area contributed by atoms with Crippen molar-refractivity contribution in [1.82, 2.24) is 5.32 Å². The first-order valence-electron chi connectivity index (χ1n) is 11.4. The highest BCUT2D eigenvalue weighted by atomic mass is 16.5. The largest absolute Gasteiger partial charge is 0.459 e. The first-order chi connectivity index (χ1) is 17.1. The summed E-state index contributed by atoms with van der Waals surface area (Å²) in [6.07, 6.45) is 2.01. The van der Waals surface area contributed by atoms with Crippen LogP contribution in [0.15, 0.2) is 102 Å². The number of furan rings is 1. The molecule has 1 aromatic heterocycles. The van der Waals surface area contributed by atoms with Crippen LogP contribution >= 0.6 is 0 Å². The lowest BCUT2D eigenvalue weighted by molar-refractivity contribution is 0.0926. The Balaban J connectivity index is 1.43. The molecule has 7 nitrogen and oxygen atoms in total. The maximum Gasteiger partial charge on any atom is 0.326 e. The van der Waals surface area contributed by atoms with Crippen molar-refractivity contribution in [1.29, 1.82) is 0 Å². The standard InChI is InChI=1S/C28H27N3O4/c1-21-8-5-9-22(20-21)30-28(33)31(18-7-17-29-27(32)26-12-6-19-34-26)23-13-15-25(16-14-23)35-24-10-3-2-4-11-24/h2-6,8-16,19-20H,7,17-18H2,1H3,(H,29,32)(H,30,33). The fraction of sp³-hybridized carbons (Fsp3) is 0.143. The molecule has 7 heteroatoms. The molecule has 1 heterocycles. The lowest BCUT2D eigenvalue weighted by atomic mass is 10.2. The number of ether oxygens (including phenoxy) is 1. The van der Waals surface area contributed by atoms with Crippen LogP contribution in [0.1, 0.15) is 22.5 Å². The summed E-state index contributed by atoms with van der Waals surface area (Å²) in [4.78, 5) is 26.9. The van der Waals surface area contributed by atoms with Crippen LogP contribution < -0.4 is 20.3 Å². The zero-order valence-electron chi connectivity index (χ0n) is 19.4. The van der Waals surface area contributed by atoms with Crippen LogP contribution in [-0.2, 0) is 0 Å². The number of aryl methyl sites for hydroxylation is 1. The number of hydrogen-bond donors (Lipinski definition) is 2. The van der Waals surface area contributed by atoms with E-state index >= 15 is 0 Å². The Hall–Kier alpha value is -4.52. The van der Waals surface area contributed by atoms with Crippen molar-refractivity contribution in [3.63, 3.8) is 0 Å². The molecule has 3 amide bonds. The predicted octanol–water partition coefficient (Wildman–Crippen LogP) is 6.24. The number of amides is 3. The number of anilines is 2. The number of para-hydroxylation sites is 1. The summed E-state index contributed by atoms with van der Waals surface area (Å²) in [5.74, 6) is 1.38. The number of nitrogens with zero attached hydrogens (tertiary/aromatic N) is 1. The van der Waals surface area contributed by atoms with Crippen LogP contribution in [0.5, 0.6) is 11.5 Å². The van der Waals surface area contributed by atoms with Gasteiger partial charge in [-0.2, -0.15) is 0 Å². The third kappa shape index (κ3) is 6.74. The van der Waals surface area contributed by atoms with Crippen molar-refractivity contribution in [3.05, 3.63) is 109 Å². The molecule has 0 fully saturated rings. The molecule has 3 aromatic carbocycles. The number of benzene rings is 3. The Bertz CT molecular complexity index is 1240. The third-order valence-corrected chi connectivity index (χ3v) is 5.23. The fourth-order valence-electron chi connectivity index (χ4n) is 3.51. The van der Waals surface area contributed by atoms with Crippen LogP contribution in [0.25, 0.3) is 0 Å². The van der Waals surface area contributed by atoms with Crippen molar-refractivity contribution in [2.45, 2.75) is 13.3 Å². The van der Waals surface area contributed by atoms with Crippen LogP contribution in [0.4, 0.5) is 16.2 Å². The summed E-state index contributed by atoms with van der Waals surface area (Å²) < 4.78 is 11.0. The molecule has 0 saturated carbocycles. The number of carbonyl (C=O) groups is 2. The second-order valence-electron chi connectivity index (χ2n) is 7.95. The van der Waals surface area contributed by atoms with Crippen LogP contribution in [0, 0.1) is 6.92 Å². The highest BCUT2D eigenvalue weighted by Crippen LogP contribution is 2.25. The summed E-state index contributed by atoms with van der Waals surface area (Å²) in [5, 5.41) is 5.77. The third-order valence-electron chi connectivity index (χ3n) is 5.23. The second-order valence-corrected chi connectivity index (χ2v) is 7.95. The Morgan fingerprint density at radius 3 is 2.37 bits per heavy atom. The molecule has 178 valence electrons. The van der Waals surface area contributed by atoms with E-state index < -0.39 is 0 Å². The fourth-order valence-corrected chi connectivity index (χ4v) is 3.51. The van der Waals surface area contributed by atoms with Gasteiger partial charge in [0.25, 0.3) is 5.91 Å². The Morgan fingerprint density at radius 2 is 1.66 bits per heavy atom. The topological polar surface area (TPSA) is 83.8 Å². The van der Waals surface area contributed by atoms with Gasteiger partial charge in [0.15, 0.2) is 5.76 Å². The summed E-state index contributed by atoms with van der Waals surface area (Å²) in [6.45, 7) is 2.76. The summed E-state index contributed by atoms with van der Waals surface area (Å²) >= 11 is 0. The molecule has 0 saturated heterocycles. The van der Waals surface area contributed by atoms with Gasteiger partial charge in [0, 0.05) is 24.5 Å². The van der Waals surface area contributed by atoms with Gasteiger partial charge in [-0.15, -0.1) is 0 Å². The van der Waals surface area contributed by atoms with E-state index in [2.05, 4.69) is 10.6 Å². The molecule has 0 aliphatic heterocycles. The first kappa shape index (κ1) is 23.6. The summed E-state index contributed by atoms with van der Waals surface area (Å²) in [5.41, 5.74) is 2.49. The molecular weight excluding hydrogens is 442 g/mol. The second kappa shape index (κ2) is 11.6. The van der Waals surface area contributed by atoms with Gasteiger partial charge in [-0.05, 0) is 79.6 Å². The van der Waals surface area contributed by atoms with E-state index in [0.717, 1.165) is 17.0 Å². The minimum atomic E-state index is -0.284. The SMILES string of the molecule is Cc1cccc(NC(=O)N(CCCNC(=O)c2ccco2)c2ccc(Oc3ccccc3)cc2)c1. The number of carbonyl (C=O) groups excluding carboxylic acids is 2. The molecule has 2 N–H and O–H groups in total. The van der Waals surface area contributed by atoms with E-state index in [1.165, 1.54) is 6.26 Å². The van der Waals surface area contributed by atoms with Gasteiger partial charge in [-0.1, -0.05) is 30.3 Å². The van der Waals surface area contributed by atoms with Crippen LogP contribution in [-0.4, -0.2) is 25.0 Å². The van der Waals surface area contributed by atoms with Crippen molar-refractivity contribution in [3.8, 4) is 11.5 Å². The molecule has 4 rings (SSSR count). The Morgan fingerprint density at radius 1 is 0.886 bits per heavy atom. The highest BCUT2D eigenvalue weighted by Gasteiger charge is 2.17. The van der Waals surface area contributed by atoms with Gasteiger partial charge in [-0.3, -0.25) is 9.69 Å². The summed E-state index contributed by atoms with van der Waals surface area (Å²) in [7, 11) is 0. The van der Waals surface area contributed by atoms with E-state index in [1.807, 2.05) is 85.8 Å². The lowest BCUT2D eigenvalue weighted by Gasteiger charge is -2.24. The smallest absolute Gasteiger partial charge is 0.326 e. The lowest BCUT2D eigenvalue weighted by Crippen LogP contribution is -2.37. The average molecular weight is 470 g/mol. The number of hydrogen-bond acceptors (Lipinski definition) is 4. The zero-order chi connectivity index (χ0) is 24.5. The average Bonchev–Trinajstić information content (AvgIpc) is 3.41. The molecule has 0 bridgehead atoms. The predicted molar refractivity (Wildman–Crippen MR) is 136 cm³/mol. The molecule has 0 atom stereocenters. The van der Waals surface area contributed by atoms with Gasteiger partial charge < -0.3 is 19.8 Å². The number of rotatable bonds is 9. The highest BCUT2D eigenvalue weighted by molar-refractivity contribution is 6.01. The molecular formula is C28H27N3O4. The van der Waals surface area contributed by atoms with Crippen molar-refractivity contribution in [2.75, 3.05) is 23.3 Å². The van der Waals surface area contributed by atoms with Gasteiger partial charge in [0.1, 0.15) is 11.5 Å². The molecule has 0 spiro atoms. The molecule has 0 aliphatic rings. The molecule has 4 aromatic rings. The van der Waals surface area contributed by atoms with E-state index in [-0.39, 0.29) is 17.7 Å². The van der Waals surface area contributed by atoms with Crippen LogP contribution in [0.3, 0.4) is 0 Å². The van der Waals surface area contributed by atoms with E-state index in [1.54, 1.807) is 17.0 Å². The van der Waals surface area contributed by atoms with E-state index in [4.69, 9.17) is 9.15 Å². The van der Waals surface area contributed by atoms with Gasteiger partial charge in [0.2, 0.25) is 0 Å². The van der Waals surface area contributed by atoms with Gasteiger partial charge >= 0.3 is 6.03 Å². The molecule has 0 aliphatic carbocycles. The van der Waals surface area contributed by atoms with Gasteiger partial charge in [0.05, 0.1) is 6.26 Å². The van der Waals surface area contributed by atoms with Crippen molar-refractivity contribution in [2.24, 2.45) is 0 Å². The minimum Gasteiger partial charge on any atom is -0.459 e. The number of urea groups is 1. The Labute approximate surface area is 204 Å². The summed E-state index contributed by atoms with van der Waals surface area (Å²) in [6, 6.07) is 27.5.